The molecule has 0 rings (SSSR count). The Balaban J connectivity index is 4.80. The molecule has 1 unspecified atom stereocenters. The fraction of sp³-hybridized carbons (Fsp3) is 0.875. The van der Waals surface area contributed by atoms with Gasteiger partial charge < -0.3 is 10.1 Å². The molecule has 0 fully saturated rings. The summed E-state index contributed by atoms with van der Waals surface area (Å²) in [5.41, 5.74) is -0.703. The van der Waals surface area contributed by atoms with Gasteiger partial charge in [0.25, 0.3) is 0 Å². The highest BCUT2D eigenvalue weighted by Crippen LogP contribution is 2.47. The van der Waals surface area contributed by atoms with Crippen LogP contribution in [-0.2, 0) is 14.3 Å². The zero-order valence-electron chi connectivity index (χ0n) is 14.3. The molecule has 0 aromatic heterocycles. The summed E-state index contributed by atoms with van der Waals surface area (Å²) in [5, 5.41) is 2.62. The minimum Gasteiger partial charge on any atom is -0.463 e. The van der Waals surface area contributed by atoms with Gasteiger partial charge in [0.2, 0.25) is 5.91 Å². The van der Waals surface area contributed by atoms with Crippen molar-refractivity contribution in [2.24, 2.45) is 16.2 Å². The number of rotatable bonds is 5. The maximum Gasteiger partial charge on any atom is 0.312 e. The molecule has 20 heavy (non-hydrogen) atoms. The molecule has 0 bridgehead atoms. The lowest BCUT2D eigenvalue weighted by Gasteiger charge is -2.43. The van der Waals surface area contributed by atoms with E-state index in [1.807, 2.05) is 6.92 Å². The van der Waals surface area contributed by atoms with Gasteiger partial charge >= 0.3 is 5.97 Å². The molecule has 0 saturated heterocycles. The minimum absolute atomic E-state index is 0.0404. The molecule has 0 heterocycles. The van der Waals surface area contributed by atoms with Crippen LogP contribution in [0.15, 0.2) is 0 Å². The summed E-state index contributed by atoms with van der Waals surface area (Å²) in [7, 11) is 0. The van der Waals surface area contributed by atoms with Gasteiger partial charge in [0.05, 0.1) is 12.0 Å². The number of esters is 1. The van der Waals surface area contributed by atoms with Gasteiger partial charge in [-0.05, 0) is 24.2 Å². The van der Waals surface area contributed by atoms with Crippen LogP contribution < -0.4 is 5.32 Å². The predicted octanol–water partition coefficient (Wildman–Crippen LogP) is 3.15. The summed E-state index contributed by atoms with van der Waals surface area (Å²) in [4.78, 5) is 23.3. The summed E-state index contributed by atoms with van der Waals surface area (Å²) in [5.74, 6) is -0.306. The van der Waals surface area contributed by atoms with E-state index < -0.39 is 5.41 Å². The summed E-state index contributed by atoms with van der Waals surface area (Å²) in [6.45, 7) is 16.6. The van der Waals surface area contributed by atoms with Crippen LogP contribution in [0.1, 0.15) is 61.8 Å². The smallest absolute Gasteiger partial charge is 0.312 e. The van der Waals surface area contributed by atoms with Crippen LogP contribution >= 0.6 is 0 Å². The average Bonchev–Trinajstić information content (AvgIpc) is 2.19. The quantitative estimate of drug-likeness (QED) is 0.623. The second kappa shape index (κ2) is 6.59. The SMILES string of the molecule is CC(=O)NCCOC(=O)C(C)(CC(C)(C)C)C(C)(C)C. The molecule has 4 heteroatoms. The Hall–Kier alpha value is -1.06. The Bertz CT molecular complexity index is 350. The van der Waals surface area contributed by atoms with Crippen LogP contribution in [0.2, 0.25) is 0 Å². The van der Waals surface area contributed by atoms with Crippen molar-refractivity contribution in [1.29, 1.82) is 0 Å². The standard InChI is InChI=1S/C16H31NO3/c1-12(18)17-9-10-20-13(19)16(8,15(5,6)7)11-14(2,3)4/h9-11H2,1-8H3,(H,17,18). The summed E-state index contributed by atoms with van der Waals surface area (Å²) in [6.07, 6.45) is 0.752. The molecule has 0 aromatic carbocycles. The molecule has 0 aromatic rings. The van der Waals surface area contributed by atoms with E-state index in [2.05, 4.69) is 46.9 Å². The molecule has 4 nitrogen and oxygen atoms in total. The number of amides is 1. The molecule has 0 spiro atoms. The molecule has 118 valence electrons. The van der Waals surface area contributed by atoms with E-state index >= 15 is 0 Å². The van der Waals surface area contributed by atoms with Gasteiger partial charge in [0.1, 0.15) is 6.61 Å². The van der Waals surface area contributed by atoms with Crippen molar-refractivity contribution in [1.82, 2.24) is 5.32 Å². The van der Waals surface area contributed by atoms with Crippen LogP contribution in [-0.4, -0.2) is 25.0 Å². The lowest BCUT2D eigenvalue weighted by atomic mass is 9.61. The number of nitrogens with one attached hydrogen (secondary N) is 1. The summed E-state index contributed by atoms with van der Waals surface area (Å²) < 4.78 is 5.38. The zero-order valence-corrected chi connectivity index (χ0v) is 14.3. The van der Waals surface area contributed by atoms with Gasteiger partial charge in [0, 0.05) is 6.92 Å². The Kier molecular flexibility index (Phi) is 6.25. The van der Waals surface area contributed by atoms with Crippen LogP contribution in [0, 0.1) is 16.2 Å². The fourth-order valence-electron chi connectivity index (χ4n) is 2.23. The van der Waals surface area contributed by atoms with E-state index in [4.69, 9.17) is 4.74 Å². The highest BCUT2D eigenvalue weighted by molar-refractivity contribution is 5.77. The van der Waals surface area contributed by atoms with Crippen LogP contribution in [0.5, 0.6) is 0 Å². The van der Waals surface area contributed by atoms with Crippen LogP contribution in [0.25, 0.3) is 0 Å². The van der Waals surface area contributed by atoms with Crippen LogP contribution in [0.4, 0.5) is 0 Å². The third-order valence-electron chi connectivity index (χ3n) is 3.70. The fourth-order valence-corrected chi connectivity index (χ4v) is 2.23. The maximum atomic E-state index is 12.5. The highest BCUT2D eigenvalue weighted by atomic mass is 16.5. The predicted molar refractivity (Wildman–Crippen MR) is 81.3 cm³/mol. The van der Waals surface area contributed by atoms with E-state index in [1.165, 1.54) is 6.92 Å². The van der Waals surface area contributed by atoms with Gasteiger partial charge in [0.15, 0.2) is 0 Å². The third kappa shape index (κ3) is 5.93. The molecule has 1 amide bonds. The Morgan fingerprint density at radius 1 is 1.00 bits per heavy atom. The van der Waals surface area contributed by atoms with E-state index in [0.717, 1.165) is 6.42 Å². The van der Waals surface area contributed by atoms with Crippen molar-refractivity contribution in [3.63, 3.8) is 0 Å². The Morgan fingerprint density at radius 2 is 1.50 bits per heavy atom. The van der Waals surface area contributed by atoms with Gasteiger partial charge in [-0.25, -0.2) is 0 Å². The molecular weight excluding hydrogens is 254 g/mol. The number of carbonyl (C=O) groups is 2. The first-order chi connectivity index (χ1) is 8.79. The number of ether oxygens (including phenoxy) is 1. The molecule has 0 aliphatic carbocycles. The normalized spacial score (nSPS) is 15.4. The van der Waals surface area contributed by atoms with Gasteiger partial charge in [-0.1, -0.05) is 41.5 Å². The van der Waals surface area contributed by atoms with Crippen molar-refractivity contribution < 1.29 is 14.3 Å². The van der Waals surface area contributed by atoms with E-state index in [1.54, 1.807) is 0 Å². The zero-order chi connectivity index (χ0) is 16.2. The lowest BCUT2D eigenvalue weighted by Crippen LogP contribution is -2.44. The first kappa shape index (κ1) is 18.9. The first-order valence-corrected chi connectivity index (χ1v) is 7.21. The molecule has 0 aliphatic heterocycles. The molecular formula is C16H31NO3. The molecule has 0 saturated carbocycles. The van der Waals surface area contributed by atoms with Gasteiger partial charge in [-0.3, -0.25) is 9.59 Å². The second-order valence-electron chi connectivity index (χ2n) is 7.94. The van der Waals surface area contributed by atoms with Crippen molar-refractivity contribution in [2.75, 3.05) is 13.2 Å². The third-order valence-corrected chi connectivity index (χ3v) is 3.70. The molecule has 1 atom stereocenters. The summed E-state index contributed by atoms with van der Waals surface area (Å²) in [6, 6.07) is 0. The van der Waals surface area contributed by atoms with E-state index in [-0.39, 0.29) is 29.3 Å². The second-order valence-corrected chi connectivity index (χ2v) is 7.94. The average molecular weight is 285 g/mol. The van der Waals surface area contributed by atoms with Crippen molar-refractivity contribution in [2.45, 2.75) is 61.8 Å². The molecule has 0 radical (unpaired) electrons. The lowest BCUT2D eigenvalue weighted by molar-refractivity contribution is -0.164. The minimum atomic E-state index is -0.554. The molecule has 0 aliphatic rings. The highest BCUT2D eigenvalue weighted by Gasteiger charge is 2.47. The van der Waals surface area contributed by atoms with Gasteiger partial charge in [-0.2, -0.15) is 0 Å². The van der Waals surface area contributed by atoms with Crippen molar-refractivity contribution >= 4 is 11.9 Å². The summed E-state index contributed by atoms with van der Waals surface area (Å²) >= 11 is 0. The Labute approximate surface area is 123 Å². The largest absolute Gasteiger partial charge is 0.463 e. The molecule has 1 N–H and O–H groups in total. The first-order valence-electron chi connectivity index (χ1n) is 7.21. The maximum absolute atomic E-state index is 12.5. The number of hydrogen-bond acceptors (Lipinski definition) is 3. The van der Waals surface area contributed by atoms with Crippen molar-refractivity contribution in [3.05, 3.63) is 0 Å². The number of carbonyl (C=O) groups excluding carboxylic acids is 2. The van der Waals surface area contributed by atoms with Crippen molar-refractivity contribution in [3.8, 4) is 0 Å². The van der Waals surface area contributed by atoms with Gasteiger partial charge in [-0.15, -0.1) is 0 Å². The van der Waals surface area contributed by atoms with E-state index in [0.29, 0.717) is 6.54 Å². The number of hydrogen-bond donors (Lipinski definition) is 1. The monoisotopic (exact) mass is 285 g/mol. The van der Waals surface area contributed by atoms with E-state index in [9.17, 15) is 9.59 Å². The topological polar surface area (TPSA) is 55.4 Å². The Morgan fingerprint density at radius 3 is 1.85 bits per heavy atom. The van der Waals surface area contributed by atoms with Crippen LogP contribution in [0.3, 0.4) is 0 Å².